The van der Waals surface area contributed by atoms with Crippen LogP contribution in [0.4, 0.5) is 0 Å². The molecule has 0 saturated carbocycles. The number of rotatable bonds is 13. The molecule has 3 rings (SSSR count). The van der Waals surface area contributed by atoms with Gasteiger partial charge in [-0.2, -0.15) is 0 Å². The number of aliphatic hydroxyl groups excluding tert-OH is 1. The molecular formula is C28H34N2O5S. The maximum absolute atomic E-state index is 12.7. The molecule has 2 atom stereocenters. The van der Waals surface area contributed by atoms with Gasteiger partial charge in [-0.1, -0.05) is 60.2 Å². The summed E-state index contributed by atoms with van der Waals surface area (Å²) in [7, 11) is -1.97. The molecule has 3 aromatic rings. The lowest BCUT2D eigenvalue weighted by Crippen LogP contribution is -2.48. The normalized spacial score (nSPS) is 13.1. The molecule has 192 valence electrons. The van der Waals surface area contributed by atoms with Crippen molar-refractivity contribution in [3.63, 3.8) is 0 Å². The van der Waals surface area contributed by atoms with Crippen molar-refractivity contribution >= 4 is 15.7 Å². The Hall–Kier alpha value is -3.20. The quantitative estimate of drug-likeness (QED) is 0.327. The zero-order chi connectivity index (χ0) is 26.0. The third kappa shape index (κ3) is 8.48. The second kappa shape index (κ2) is 13.2. The van der Waals surface area contributed by atoms with Crippen LogP contribution in [0, 0.1) is 6.92 Å². The molecule has 1 amide bonds. The Morgan fingerprint density at radius 2 is 1.67 bits per heavy atom. The first kappa shape index (κ1) is 27.4. The van der Waals surface area contributed by atoms with Crippen LogP contribution >= 0.6 is 0 Å². The smallest absolute Gasteiger partial charge is 0.221 e. The van der Waals surface area contributed by atoms with E-state index in [1.54, 1.807) is 31.4 Å². The first-order chi connectivity index (χ1) is 17.3. The van der Waals surface area contributed by atoms with Crippen LogP contribution in [0.25, 0.3) is 0 Å². The number of carbonyl (C=O) groups excluding carboxylic acids is 1. The number of aliphatic hydroxyl groups is 1. The van der Waals surface area contributed by atoms with E-state index in [4.69, 9.17) is 4.74 Å². The highest BCUT2D eigenvalue weighted by atomic mass is 32.2. The number of hydrogen-bond donors (Lipinski definition) is 3. The lowest BCUT2D eigenvalue weighted by molar-refractivity contribution is -0.122. The van der Waals surface area contributed by atoms with Gasteiger partial charge in [0.1, 0.15) is 5.75 Å². The Morgan fingerprint density at radius 3 is 2.36 bits per heavy atom. The number of hydrogen-bond acceptors (Lipinski definition) is 6. The molecule has 3 aromatic carbocycles. The Morgan fingerprint density at radius 1 is 0.972 bits per heavy atom. The average Bonchev–Trinajstić information content (AvgIpc) is 2.88. The van der Waals surface area contributed by atoms with E-state index < -0.39 is 27.9 Å². The molecule has 0 aliphatic carbocycles. The third-order valence-corrected chi connectivity index (χ3v) is 7.64. The Bertz CT molecular complexity index is 1210. The van der Waals surface area contributed by atoms with Crippen LogP contribution in [-0.4, -0.2) is 51.0 Å². The lowest BCUT2D eigenvalue weighted by atomic mass is 10.0. The molecule has 0 aromatic heterocycles. The summed E-state index contributed by atoms with van der Waals surface area (Å²) in [5.41, 5.74) is 2.93. The van der Waals surface area contributed by atoms with E-state index in [0.717, 1.165) is 22.4 Å². The predicted molar refractivity (Wildman–Crippen MR) is 141 cm³/mol. The number of carbonyl (C=O) groups is 1. The number of amides is 1. The van der Waals surface area contributed by atoms with Gasteiger partial charge in [0.15, 0.2) is 9.84 Å². The molecule has 8 heteroatoms. The number of methoxy groups -OCH3 is 1. The SMILES string of the molecule is COc1cccc(CNC[C@@H](O)[C@H](Cc2ccccc2)NC(=O)CCS(=O)(=O)c2ccc(C)cc2)c1. The minimum atomic E-state index is -3.58. The first-order valence-electron chi connectivity index (χ1n) is 11.9. The maximum Gasteiger partial charge on any atom is 0.221 e. The Labute approximate surface area is 213 Å². The van der Waals surface area contributed by atoms with Gasteiger partial charge in [0.25, 0.3) is 0 Å². The molecular weight excluding hydrogens is 476 g/mol. The van der Waals surface area contributed by atoms with Crippen molar-refractivity contribution < 1.29 is 23.1 Å². The van der Waals surface area contributed by atoms with Crippen molar-refractivity contribution in [1.29, 1.82) is 0 Å². The fourth-order valence-electron chi connectivity index (χ4n) is 3.81. The minimum absolute atomic E-state index is 0.189. The number of benzene rings is 3. The topological polar surface area (TPSA) is 105 Å². The molecule has 7 nitrogen and oxygen atoms in total. The van der Waals surface area contributed by atoms with Gasteiger partial charge in [-0.25, -0.2) is 8.42 Å². The van der Waals surface area contributed by atoms with Crippen LogP contribution in [0.3, 0.4) is 0 Å². The standard InChI is InChI=1S/C28H34N2O5S/c1-21-11-13-25(14-12-21)36(33,34)16-15-28(32)30-26(18-22-7-4-3-5-8-22)27(31)20-29-19-23-9-6-10-24(17-23)35-2/h3-14,17,26-27,29,31H,15-16,18-20H2,1-2H3,(H,30,32)/t26-,27+/m0/s1. The first-order valence-corrected chi connectivity index (χ1v) is 13.6. The average molecular weight is 511 g/mol. The molecule has 0 radical (unpaired) electrons. The van der Waals surface area contributed by atoms with E-state index >= 15 is 0 Å². The van der Waals surface area contributed by atoms with Crippen molar-refractivity contribution in [2.45, 2.75) is 43.4 Å². The van der Waals surface area contributed by atoms with Gasteiger partial charge >= 0.3 is 0 Å². The van der Waals surface area contributed by atoms with Crippen molar-refractivity contribution in [3.05, 3.63) is 95.6 Å². The van der Waals surface area contributed by atoms with Crippen LogP contribution in [0.1, 0.15) is 23.1 Å². The van der Waals surface area contributed by atoms with Gasteiger partial charge < -0.3 is 20.5 Å². The zero-order valence-corrected chi connectivity index (χ0v) is 21.5. The summed E-state index contributed by atoms with van der Waals surface area (Å²) in [4.78, 5) is 12.9. The summed E-state index contributed by atoms with van der Waals surface area (Å²) in [6.45, 7) is 2.65. The fourth-order valence-corrected chi connectivity index (χ4v) is 5.05. The summed E-state index contributed by atoms with van der Waals surface area (Å²) >= 11 is 0. The molecule has 0 bridgehead atoms. The Balaban J connectivity index is 1.60. The second-order valence-electron chi connectivity index (χ2n) is 8.80. The highest BCUT2D eigenvalue weighted by molar-refractivity contribution is 7.91. The van der Waals surface area contributed by atoms with Crippen LogP contribution in [0.2, 0.25) is 0 Å². The molecule has 0 saturated heterocycles. The van der Waals surface area contributed by atoms with Gasteiger partial charge in [-0.05, 0) is 48.7 Å². The number of sulfone groups is 1. The van der Waals surface area contributed by atoms with Crippen LogP contribution in [0.5, 0.6) is 5.75 Å². The Kier molecular flexibility index (Phi) is 10.0. The van der Waals surface area contributed by atoms with Crippen LogP contribution in [-0.2, 0) is 27.6 Å². The molecule has 36 heavy (non-hydrogen) atoms. The van der Waals surface area contributed by atoms with Crippen molar-refractivity contribution in [2.75, 3.05) is 19.4 Å². The summed E-state index contributed by atoms with van der Waals surface area (Å²) in [6.07, 6.45) is -0.654. The lowest BCUT2D eigenvalue weighted by Gasteiger charge is -2.25. The van der Waals surface area contributed by atoms with Gasteiger partial charge in [0, 0.05) is 19.5 Å². The summed E-state index contributed by atoms with van der Waals surface area (Å²) in [6, 6.07) is 23.2. The molecule has 0 aliphatic heterocycles. The molecule has 0 aliphatic rings. The highest BCUT2D eigenvalue weighted by Gasteiger charge is 2.23. The summed E-state index contributed by atoms with van der Waals surface area (Å²) in [5.74, 6) is 0.0348. The molecule has 0 heterocycles. The van der Waals surface area contributed by atoms with E-state index in [9.17, 15) is 18.3 Å². The van der Waals surface area contributed by atoms with E-state index in [1.807, 2.05) is 61.5 Å². The van der Waals surface area contributed by atoms with Crippen molar-refractivity contribution in [1.82, 2.24) is 10.6 Å². The molecule has 0 unspecified atom stereocenters. The highest BCUT2D eigenvalue weighted by Crippen LogP contribution is 2.14. The molecule has 0 spiro atoms. The number of nitrogens with one attached hydrogen (secondary N) is 2. The van der Waals surface area contributed by atoms with E-state index in [1.165, 1.54) is 0 Å². The second-order valence-corrected chi connectivity index (χ2v) is 10.9. The number of aryl methyl sites for hydroxylation is 1. The van der Waals surface area contributed by atoms with Crippen molar-refractivity contribution in [2.24, 2.45) is 0 Å². The van der Waals surface area contributed by atoms with Gasteiger partial charge in [-0.15, -0.1) is 0 Å². The maximum atomic E-state index is 12.7. The van der Waals surface area contributed by atoms with E-state index in [2.05, 4.69) is 10.6 Å². The van der Waals surface area contributed by atoms with Crippen LogP contribution < -0.4 is 15.4 Å². The van der Waals surface area contributed by atoms with Crippen molar-refractivity contribution in [3.8, 4) is 5.75 Å². The van der Waals surface area contributed by atoms with Gasteiger partial charge in [0.2, 0.25) is 5.91 Å². The zero-order valence-electron chi connectivity index (χ0n) is 20.7. The number of ether oxygens (including phenoxy) is 1. The third-order valence-electron chi connectivity index (χ3n) is 5.90. The van der Waals surface area contributed by atoms with E-state index in [0.29, 0.717) is 13.0 Å². The monoisotopic (exact) mass is 510 g/mol. The predicted octanol–water partition coefficient (Wildman–Crippen LogP) is 3.05. The fraction of sp³-hybridized carbons (Fsp3) is 0.321. The van der Waals surface area contributed by atoms with Gasteiger partial charge in [-0.3, -0.25) is 4.79 Å². The largest absolute Gasteiger partial charge is 0.497 e. The minimum Gasteiger partial charge on any atom is -0.497 e. The van der Waals surface area contributed by atoms with E-state index in [-0.39, 0.29) is 23.6 Å². The molecule has 3 N–H and O–H groups in total. The molecule has 0 fully saturated rings. The van der Waals surface area contributed by atoms with Gasteiger partial charge in [0.05, 0.1) is 29.9 Å². The summed E-state index contributed by atoms with van der Waals surface area (Å²) < 4.78 is 30.5. The summed E-state index contributed by atoms with van der Waals surface area (Å²) in [5, 5.41) is 17.0. The van der Waals surface area contributed by atoms with Crippen LogP contribution in [0.15, 0.2) is 83.8 Å².